The summed E-state index contributed by atoms with van der Waals surface area (Å²) in [5.74, 6) is 0.813. The lowest BCUT2D eigenvalue weighted by atomic mass is 9.89. The number of carbonyl (C=O) groups is 1. The Kier molecular flexibility index (Phi) is 10.9. The molecule has 0 bridgehead atoms. The molecule has 0 aliphatic carbocycles. The number of nitrogens with zero attached hydrogens (tertiary/aromatic N) is 2. The number of ether oxygens (including phenoxy) is 3. The van der Waals surface area contributed by atoms with Gasteiger partial charge in [0.25, 0.3) is 0 Å². The molecule has 4 N–H and O–H groups in total. The number of fused-ring (bicyclic) bond motifs is 1. The minimum absolute atomic E-state index is 0.00863. The van der Waals surface area contributed by atoms with Crippen molar-refractivity contribution in [3.63, 3.8) is 0 Å². The van der Waals surface area contributed by atoms with E-state index in [9.17, 15) is 19.8 Å². The fraction of sp³-hybridized carbons (Fsp3) is 0.429. The van der Waals surface area contributed by atoms with Gasteiger partial charge in [-0.15, -0.1) is 0 Å². The second-order valence-electron chi connectivity index (χ2n) is 12.2. The van der Waals surface area contributed by atoms with Gasteiger partial charge >= 0.3 is 4.87 Å². The van der Waals surface area contributed by atoms with Crippen molar-refractivity contribution < 1.29 is 29.2 Å². The number of hydrogen-bond donors (Lipinski definition) is 4. The average molecular weight is 663 g/mol. The van der Waals surface area contributed by atoms with Crippen molar-refractivity contribution in [3.8, 4) is 11.5 Å². The van der Waals surface area contributed by atoms with Gasteiger partial charge in [0.05, 0.1) is 29.6 Å². The molecule has 2 fully saturated rings. The Morgan fingerprint density at radius 1 is 1.04 bits per heavy atom. The minimum Gasteiger partial charge on any atom is -0.506 e. The van der Waals surface area contributed by atoms with Crippen molar-refractivity contribution in [1.82, 2.24) is 20.1 Å². The van der Waals surface area contributed by atoms with E-state index >= 15 is 0 Å². The number of amides is 1. The molecule has 250 valence electrons. The van der Waals surface area contributed by atoms with Crippen LogP contribution in [0.5, 0.6) is 11.5 Å². The highest BCUT2D eigenvalue weighted by atomic mass is 32.1. The van der Waals surface area contributed by atoms with Crippen molar-refractivity contribution in [2.45, 2.75) is 37.7 Å². The summed E-state index contributed by atoms with van der Waals surface area (Å²) in [7, 11) is 0. The van der Waals surface area contributed by atoms with Crippen molar-refractivity contribution in [3.05, 3.63) is 93.1 Å². The summed E-state index contributed by atoms with van der Waals surface area (Å²) < 4.78 is 18.5. The van der Waals surface area contributed by atoms with Gasteiger partial charge in [-0.25, -0.2) is 0 Å². The van der Waals surface area contributed by atoms with Crippen LogP contribution in [0, 0.1) is 0 Å². The highest BCUT2D eigenvalue weighted by Gasteiger charge is 2.40. The zero-order chi connectivity index (χ0) is 32.6. The molecule has 1 atom stereocenters. The maximum absolute atomic E-state index is 12.8. The first-order valence-electron chi connectivity index (χ1n) is 16.1. The van der Waals surface area contributed by atoms with Crippen LogP contribution >= 0.6 is 11.3 Å². The van der Waals surface area contributed by atoms with Crippen LogP contribution in [0.4, 0.5) is 0 Å². The number of phenolic OH excluding ortho intramolecular Hbond substituents is 1. The molecule has 1 spiro atoms. The van der Waals surface area contributed by atoms with Gasteiger partial charge in [-0.05, 0) is 42.2 Å². The topological polar surface area (TPSA) is 137 Å². The van der Waals surface area contributed by atoms with Gasteiger partial charge in [-0.3, -0.25) is 14.5 Å². The number of aromatic amines is 1. The summed E-state index contributed by atoms with van der Waals surface area (Å²) in [6, 6.07) is 20.9. The fourth-order valence-corrected chi connectivity index (χ4v) is 7.15. The molecule has 2 aliphatic heterocycles. The molecule has 4 aromatic rings. The first-order chi connectivity index (χ1) is 22.9. The van der Waals surface area contributed by atoms with E-state index in [1.807, 2.05) is 59.5 Å². The van der Waals surface area contributed by atoms with Crippen molar-refractivity contribution in [2.75, 3.05) is 59.1 Å². The minimum atomic E-state index is -0.826. The summed E-state index contributed by atoms with van der Waals surface area (Å²) in [5.41, 5.74) is 2.78. The fourth-order valence-electron chi connectivity index (χ4n) is 6.23. The zero-order valence-electron chi connectivity index (χ0n) is 26.4. The van der Waals surface area contributed by atoms with Crippen LogP contribution in [0.25, 0.3) is 10.2 Å². The number of benzene rings is 3. The normalized spacial score (nSPS) is 17.3. The maximum Gasteiger partial charge on any atom is 0.305 e. The molecular weight excluding hydrogens is 620 g/mol. The van der Waals surface area contributed by atoms with E-state index < -0.39 is 6.10 Å². The quantitative estimate of drug-likeness (QED) is 0.170. The molecule has 12 heteroatoms. The van der Waals surface area contributed by atoms with E-state index in [0.717, 1.165) is 60.7 Å². The van der Waals surface area contributed by atoms with Crippen molar-refractivity contribution in [1.29, 1.82) is 0 Å². The van der Waals surface area contributed by atoms with Crippen LogP contribution < -0.4 is 14.9 Å². The van der Waals surface area contributed by atoms with E-state index in [0.29, 0.717) is 61.8 Å². The van der Waals surface area contributed by atoms with E-state index in [1.54, 1.807) is 6.07 Å². The number of phenols is 1. The van der Waals surface area contributed by atoms with Crippen LogP contribution in [0.1, 0.15) is 35.6 Å². The van der Waals surface area contributed by atoms with Gasteiger partial charge in [0.15, 0.2) is 0 Å². The highest BCUT2D eigenvalue weighted by Crippen LogP contribution is 2.32. The predicted octanol–water partition coefficient (Wildman–Crippen LogP) is 3.41. The van der Waals surface area contributed by atoms with E-state index in [2.05, 4.69) is 15.2 Å². The first-order valence-corrected chi connectivity index (χ1v) is 16.9. The Balaban J connectivity index is 0.877. The number of aromatic hydroxyl groups is 1. The van der Waals surface area contributed by atoms with Crippen LogP contribution in [0.2, 0.25) is 0 Å². The number of aliphatic hydroxyl groups is 1. The zero-order valence-corrected chi connectivity index (χ0v) is 27.2. The number of nitrogens with one attached hydrogen (secondary N) is 2. The number of hydrogen-bond acceptors (Lipinski definition) is 10. The number of piperidine rings is 1. The number of aliphatic hydroxyl groups excluding tert-OH is 1. The molecule has 0 radical (unpaired) electrons. The molecule has 0 saturated carbocycles. The molecule has 6 rings (SSSR count). The number of morpholine rings is 1. The molecule has 47 heavy (non-hydrogen) atoms. The van der Waals surface area contributed by atoms with Gasteiger partial charge in [-0.2, -0.15) is 0 Å². The maximum atomic E-state index is 12.8. The average Bonchev–Trinajstić information content (AvgIpc) is 3.49. The number of carbonyl (C=O) groups excluding carboxylic acids is 1. The molecule has 3 aromatic carbocycles. The third-order valence-electron chi connectivity index (χ3n) is 8.92. The summed E-state index contributed by atoms with van der Waals surface area (Å²) in [6.07, 6.45) is 0.926. The highest BCUT2D eigenvalue weighted by molar-refractivity contribution is 7.16. The molecule has 11 nitrogen and oxygen atoms in total. The smallest absolute Gasteiger partial charge is 0.305 e. The van der Waals surface area contributed by atoms with Gasteiger partial charge in [0.2, 0.25) is 5.91 Å². The molecule has 2 aliphatic rings. The van der Waals surface area contributed by atoms with Gasteiger partial charge in [-0.1, -0.05) is 59.9 Å². The Bertz CT molecular complexity index is 1670. The molecule has 3 heterocycles. The van der Waals surface area contributed by atoms with Crippen molar-refractivity contribution >= 4 is 27.5 Å². The van der Waals surface area contributed by atoms with Gasteiger partial charge in [0, 0.05) is 51.4 Å². The Morgan fingerprint density at radius 3 is 2.62 bits per heavy atom. The van der Waals surface area contributed by atoms with Gasteiger partial charge in [0.1, 0.15) is 30.2 Å². The summed E-state index contributed by atoms with van der Waals surface area (Å²) >= 11 is 0.977. The lowest BCUT2D eigenvalue weighted by molar-refractivity contribution is -0.163. The predicted molar refractivity (Wildman–Crippen MR) is 180 cm³/mol. The van der Waals surface area contributed by atoms with Crippen LogP contribution in [-0.4, -0.2) is 95.6 Å². The lowest BCUT2D eigenvalue weighted by Gasteiger charge is -2.47. The summed E-state index contributed by atoms with van der Waals surface area (Å²) in [5, 5.41) is 23.9. The van der Waals surface area contributed by atoms with E-state index in [1.165, 1.54) is 6.07 Å². The standard InChI is InChI=1S/C35H42N4O7S/c40-29-11-10-28(33-32(29)37-34(43)47-33)30(41)21-36-20-25-6-8-27(9-7-25)45-18-16-38-14-12-35(13-15-38)24-39(17-19-46-35)31(42)23-44-22-26-4-2-1-3-5-26/h1-11,30,36,40-41H,12-24H2,(H,37,43)/t30-/m0/s1. The Hall–Kier alpha value is -3.78. The Labute approximate surface area is 277 Å². The molecule has 1 amide bonds. The molecule has 0 unspecified atom stereocenters. The molecule has 2 saturated heterocycles. The van der Waals surface area contributed by atoms with Crippen LogP contribution in [-0.2, 0) is 27.4 Å². The summed E-state index contributed by atoms with van der Waals surface area (Å²) in [6.45, 7) is 6.31. The molecule has 1 aromatic heterocycles. The number of H-pyrrole nitrogens is 1. The largest absolute Gasteiger partial charge is 0.506 e. The second-order valence-corrected chi connectivity index (χ2v) is 13.2. The molecular formula is C35H42N4O7S. The third-order valence-corrected chi connectivity index (χ3v) is 9.85. The second kappa shape index (κ2) is 15.4. The number of thiazole rings is 1. The lowest BCUT2D eigenvalue weighted by Crippen LogP contribution is -2.58. The third kappa shape index (κ3) is 8.58. The van der Waals surface area contributed by atoms with Crippen LogP contribution in [0.15, 0.2) is 71.5 Å². The Morgan fingerprint density at radius 2 is 1.83 bits per heavy atom. The van der Waals surface area contributed by atoms with Crippen molar-refractivity contribution in [2.24, 2.45) is 0 Å². The SMILES string of the molecule is O=C(COCc1ccccc1)N1CCOC2(CCN(CCOc3ccc(CNC[C@H](O)c4ccc(O)c5[nH]c(=O)sc45)cc3)CC2)C1. The van der Waals surface area contributed by atoms with E-state index in [-0.39, 0.29) is 28.7 Å². The first kappa shape index (κ1) is 33.1. The van der Waals surface area contributed by atoms with E-state index in [4.69, 9.17) is 14.2 Å². The number of rotatable bonds is 13. The van der Waals surface area contributed by atoms with Crippen LogP contribution in [0.3, 0.4) is 0 Å². The van der Waals surface area contributed by atoms with Gasteiger partial charge < -0.3 is 39.6 Å². The monoisotopic (exact) mass is 662 g/mol. The summed E-state index contributed by atoms with van der Waals surface area (Å²) in [4.78, 5) is 31.2. The number of likely N-dealkylation sites (tertiary alicyclic amines) is 1. The number of aromatic nitrogens is 1.